The summed E-state index contributed by atoms with van der Waals surface area (Å²) in [5.74, 6) is -1.53. The average molecular weight is 490 g/mol. The van der Waals surface area contributed by atoms with Crippen molar-refractivity contribution < 1.29 is 22.7 Å². The van der Waals surface area contributed by atoms with Crippen LogP contribution in [0.3, 0.4) is 0 Å². The van der Waals surface area contributed by atoms with Crippen LogP contribution >= 0.6 is 11.6 Å². The van der Waals surface area contributed by atoms with E-state index in [2.05, 4.69) is 10.6 Å². The summed E-state index contributed by atoms with van der Waals surface area (Å²) in [5, 5.41) is 5.39. The highest BCUT2D eigenvalue weighted by atomic mass is 35.5. The van der Waals surface area contributed by atoms with E-state index in [1.807, 2.05) is 0 Å². The molecule has 1 aromatic heterocycles. The Morgan fingerprint density at radius 1 is 0.970 bits per heavy atom. The van der Waals surface area contributed by atoms with E-state index in [0.29, 0.717) is 22.1 Å². The molecule has 0 radical (unpaired) electrons. The Morgan fingerprint density at radius 2 is 1.58 bits per heavy atom. The number of sulfone groups is 1. The largest absolute Gasteiger partial charge is 0.435 e. The molecule has 2 amide bonds. The van der Waals surface area contributed by atoms with Crippen molar-refractivity contribution in [3.63, 3.8) is 0 Å². The number of nitrogens with one attached hydrogen (secondary N) is 2. The van der Waals surface area contributed by atoms with Crippen LogP contribution in [0.15, 0.2) is 77.7 Å². The Hall–Kier alpha value is -3.63. The molecule has 3 aromatic rings. The van der Waals surface area contributed by atoms with Crippen LogP contribution in [0.25, 0.3) is 5.69 Å². The molecule has 33 heavy (non-hydrogen) atoms. The van der Waals surface area contributed by atoms with Crippen LogP contribution < -0.4 is 16.2 Å². The third kappa shape index (κ3) is 7.19. The number of carbonyl (C=O) groups excluding carboxylic acids is 2. The fourth-order valence-electron chi connectivity index (χ4n) is 2.82. The Labute approximate surface area is 194 Å². The van der Waals surface area contributed by atoms with Crippen molar-refractivity contribution in [3.8, 4) is 5.69 Å². The van der Waals surface area contributed by atoms with Gasteiger partial charge < -0.3 is 10.1 Å². The number of hydrogen-bond acceptors (Lipinski definition) is 6. The zero-order valence-electron chi connectivity index (χ0n) is 17.4. The van der Waals surface area contributed by atoms with Crippen LogP contribution in [0, 0.1) is 0 Å². The van der Waals surface area contributed by atoms with Crippen LogP contribution in [0.5, 0.6) is 0 Å². The fourth-order valence-corrected chi connectivity index (χ4v) is 3.71. The maximum atomic E-state index is 12.7. The van der Waals surface area contributed by atoms with Crippen molar-refractivity contribution in [2.75, 3.05) is 22.6 Å². The van der Waals surface area contributed by atoms with E-state index in [9.17, 15) is 22.8 Å². The number of hydrogen-bond donors (Lipinski definition) is 2. The molecule has 3 rings (SSSR count). The van der Waals surface area contributed by atoms with Crippen LogP contribution in [0.2, 0.25) is 5.02 Å². The van der Waals surface area contributed by atoms with E-state index >= 15 is 0 Å². The van der Waals surface area contributed by atoms with Gasteiger partial charge in [-0.25, -0.2) is 13.2 Å². The Bertz CT molecular complexity index is 1300. The van der Waals surface area contributed by atoms with Crippen molar-refractivity contribution in [3.05, 3.63) is 88.3 Å². The van der Waals surface area contributed by atoms with Gasteiger partial charge in [-0.05, 0) is 54.6 Å². The second-order valence-electron chi connectivity index (χ2n) is 7.06. The highest BCUT2D eigenvalue weighted by Crippen LogP contribution is 2.15. The third-order valence-corrected chi connectivity index (χ3v) is 5.48. The molecular weight excluding hydrogens is 470 g/mol. The first-order chi connectivity index (χ1) is 15.6. The van der Waals surface area contributed by atoms with Gasteiger partial charge in [-0.2, -0.15) is 0 Å². The van der Waals surface area contributed by atoms with Gasteiger partial charge in [0.05, 0.1) is 5.75 Å². The first-order valence-corrected chi connectivity index (χ1v) is 12.0. The van der Waals surface area contributed by atoms with Crippen LogP contribution in [-0.2, 0) is 19.4 Å². The van der Waals surface area contributed by atoms with Gasteiger partial charge in [-0.3, -0.25) is 19.5 Å². The van der Waals surface area contributed by atoms with Gasteiger partial charge in [0.1, 0.15) is 0 Å². The number of ether oxygens (including phenoxy) is 1. The molecule has 1 atom stereocenters. The van der Waals surface area contributed by atoms with Gasteiger partial charge in [0, 0.05) is 40.6 Å². The summed E-state index contributed by atoms with van der Waals surface area (Å²) in [6, 6.07) is 17.2. The van der Waals surface area contributed by atoms with Crippen molar-refractivity contribution in [2.24, 2.45) is 0 Å². The molecule has 0 aliphatic rings. The number of nitrogens with zero attached hydrogens (tertiary/aromatic N) is 1. The minimum atomic E-state index is -3.65. The van der Waals surface area contributed by atoms with Crippen LogP contribution in [-0.4, -0.2) is 43.1 Å². The maximum Gasteiger partial charge on any atom is 0.412 e. The Balaban J connectivity index is 1.71. The van der Waals surface area contributed by atoms with Gasteiger partial charge in [0.2, 0.25) is 0 Å². The van der Waals surface area contributed by atoms with E-state index < -0.39 is 33.7 Å². The average Bonchev–Trinajstić information content (AvgIpc) is 2.75. The molecule has 0 spiro atoms. The highest BCUT2D eigenvalue weighted by molar-refractivity contribution is 7.90. The quantitative estimate of drug-likeness (QED) is 0.525. The minimum Gasteiger partial charge on any atom is -0.435 e. The first-order valence-electron chi connectivity index (χ1n) is 9.61. The number of aromatic nitrogens is 1. The molecule has 172 valence electrons. The predicted molar refractivity (Wildman–Crippen MR) is 126 cm³/mol. The number of benzene rings is 2. The third-order valence-electron chi connectivity index (χ3n) is 4.32. The molecule has 0 aliphatic heterocycles. The van der Waals surface area contributed by atoms with Gasteiger partial charge in [0.25, 0.3) is 11.5 Å². The van der Waals surface area contributed by atoms with Gasteiger partial charge in [0.15, 0.2) is 15.9 Å². The summed E-state index contributed by atoms with van der Waals surface area (Å²) >= 11 is 5.80. The molecular formula is C22H20ClN3O6S. The molecule has 1 heterocycles. The fraction of sp³-hybridized carbons (Fsp3) is 0.136. The lowest BCUT2D eigenvalue weighted by atomic mass is 10.2. The molecule has 0 bridgehead atoms. The summed E-state index contributed by atoms with van der Waals surface area (Å²) in [4.78, 5) is 36.8. The standard InChI is InChI=1S/C22H20ClN3O6S/c1-33(30,31)14-19(32-22(29)25-17-7-5-15(23)6-8-17)21(28)24-16-9-11-18(12-10-16)26-13-3-2-4-20(26)27/h2-13,19H,14H2,1H3,(H,24,28)(H,25,29). The van der Waals surface area contributed by atoms with E-state index in [-0.39, 0.29) is 5.56 Å². The molecule has 11 heteroatoms. The monoisotopic (exact) mass is 489 g/mol. The van der Waals surface area contributed by atoms with E-state index in [0.717, 1.165) is 6.26 Å². The predicted octanol–water partition coefficient (Wildman–Crippen LogP) is 3.09. The minimum absolute atomic E-state index is 0.220. The van der Waals surface area contributed by atoms with Crippen molar-refractivity contribution >= 4 is 44.8 Å². The molecule has 2 N–H and O–H groups in total. The number of rotatable bonds is 7. The number of pyridine rings is 1. The first kappa shape index (κ1) is 24.0. The van der Waals surface area contributed by atoms with Crippen LogP contribution in [0.1, 0.15) is 0 Å². The summed E-state index contributed by atoms with van der Waals surface area (Å²) in [7, 11) is -3.65. The Morgan fingerprint density at radius 3 is 2.18 bits per heavy atom. The van der Waals surface area contributed by atoms with Gasteiger partial charge in [-0.15, -0.1) is 0 Å². The SMILES string of the molecule is CS(=O)(=O)CC(OC(=O)Nc1ccc(Cl)cc1)C(=O)Nc1ccc(-n2ccccc2=O)cc1. The lowest BCUT2D eigenvalue weighted by molar-refractivity contribution is -0.123. The molecule has 0 aliphatic carbocycles. The maximum absolute atomic E-state index is 12.7. The summed E-state index contributed by atoms with van der Waals surface area (Å²) < 4.78 is 30.0. The van der Waals surface area contributed by atoms with Crippen molar-refractivity contribution in [2.45, 2.75) is 6.10 Å². The van der Waals surface area contributed by atoms with E-state index in [4.69, 9.17) is 16.3 Å². The zero-order valence-corrected chi connectivity index (χ0v) is 19.0. The normalized spacial score (nSPS) is 11.9. The number of anilines is 2. The van der Waals surface area contributed by atoms with E-state index in [1.165, 1.54) is 34.9 Å². The number of amides is 2. The highest BCUT2D eigenvalue weighted by Gasteiger charge is 2.27. The molecule has 2 aromatic carbocycles. The summed E-state index contributed by atoms with van der Waals surface area (Å²) in [6.45, 7) is 0. The van der Waals surface area contributed by atoms with Crippen molar-refractivity contribution in [1.29, 1.82) is 0 Å². The number of carbonyl (C=O) groups is 2. The molecule has 0 saturated carbocycles. The van der Waals surface area contributed by atoms with Gasteiger partial charge in [-0.1, -0.05) is 17.7 Å². The molecule has 9 nitrogen and oxygen atoms in total. The molecule has 1 unspecified atom stereocenters. The lowest BCUT2D eigenvalue weighted by Crippen LogP contribution is -2.39. The second-order valence-corrected chi connectivity index (χ2v) is 9.68. The second kappa shape index (κ2) is 10.3. The lowest BCUT2D eigenvalue weighted by Gasteiger charge is -2.17. The van der Waals surface area contributed by atoms with E-state index in [1.54, 1.807) is 42.6 Å². The molecule has 0 saturated heterocycles. The summed E-state index contributed by atoms with van der Waals surface area (Å²) in [6.07, 6.45) is -0.0608. The van der Waals surface area contributed by atoms with Crippen molar-refractivity contribution in [1.82, 2.24) is 4.57 Å². The molecule has 0 fully saturated rings. The topological polar surface area (TPSA) is 124 Å². The van der Waals surface area contributed by atoms with Crippen LogP contribution in [0.4, 0.5) is 16.2 Å². The van der Waals surface area contributed by atoms with Gasteiger partial charge >= 0.3 is 6.09 Å². The number of halogens is 1. The smallest absolute Gasteiger partial charge is 0.412 e. The Kier molecular flexibility index (Phi) is 7.52. The zero-order chi connectivity index (χ0) is 24.0. The summed E-state index contributed by atoms with van der Waals surface area (Å²) in [5.41, 5.74) is 1.04.